The average Bonchev–Trinajstić information content (AvgIpc) is 2.47. The van der Waals surface area contributed by atoms with Crippen molar-refractivity contribution in [1.29, 1.82) is 5.41 Å². The van der Waals surface area contributed by atoms with Crippen molar-refractivity contribution in [3.8, 4) is 0 Å². The molecule has 22 heavy (non-hydrogen) atoms. The molecule has 0 aliphatic carbocycles. The van der Waals surface area contributed by atoms with Gasteiger partial charge in [-0.25, -0.2) is 14.9 Å². The van der Waals surface area contributed by atoms with Gasteiger partial charge in [0.25, 0.3) is 0 Å². The maximum Gasteiger partial charge on any atom is 0.335 e. The number of aromatic carboxylic acids is 1. The Bertz CT molecular complexity index is 573. The summed E-state index contributed by atoms with van der Waals surface area (Å²) in [5.74, 6) is -1.08. The van der Waals surface area contributed by atoms with Gasteiger partial charge in [-0.2, -0.15) is 0 Å². The van der Waals surface area contributed by atoms with Crippen LogP contribution in [0.25, 0.3) is 0 Å². The monoisotopic (exact) mass is 306 g/mol. The van der Waals surface area contributed by atoms with Crippen LogP contribution < -0.4 is 5.43 Å². The maximum absolute atomic E-state index is 10.8. The largest absolute Gasteiger partial charge is 0.478 e. The smallest absolute Gasteiger partial charge is 0.335 e. The quantitative estimate of drug-likeness (QED) is 0.328. The molecular weight excluding hydrogens is 288 g/mol. The van der Waals surface area contributed by atoms with E-state index in [4.69, 9.17) is 10.5 Å². The molecule has 0 amide bonds. The first kappa shape index (κ1) is 15.9. The number of likely N-dealkylation sites (tertiary alicyclic amines) is 1. The van der Waals surface area contributed by atoms with Crippen molar-refractivity contribution in [2.45, 2.75) is 31.8 Å². The fraction of sp³-hybridized carbons (Fsp3) is 0.429. The Kier molecular flexibility index (Phi) is 5.05. The number of carboxylic acid groups (broad SMARTS) is 1. The third-order valence-corrected chi connectivity index (χ3v) is 3.75. The molecule has 1 fully saturated rings. The van der Waals surface area contributed by atoms with E-state index in [1.165, 1.54) is 12.1 Å². The minimum absolute atomic E-state index is 0.105. The van der Waals surface area contributed by atoms with Gasteiger partial charge in [0.1, 0.15) is 0 Å². The average molecular weight is 306 g/mol. The lowest BCUT2D eigenvalue weighted by molar-refractivity contribution is -0.526. The van der Waals surface area contributed by atoms with Gasteiger partial charge < -0.3 is 5.11 Å². The predicted molar refractivity (Wildman–Crippen MR) is 79.3 cm³/mol. The second kappa shape index (κ2) is 6.99. The Hall–Kier alpha value is -2.48. The molecule has 2 rings (SSSR count). The maximum atomic E-state index is 10.8. The van der Waals surface area contributed by atoms with E-state index in [1.807, 2.05) is 10.3 Å². The van der Waals surface area contributed by atoms with Gasteiger partial charge >= 0.3 is 5.97 Å². The van der Waals surface area contributed by atoms with Crippen LogP contribution >= 0.6 is 0 Å². The van der Waals surface area contributed by atoms with Crippen molar-refractivity contribution in [3.63, 3.8) is 0 Å². The summed E-state index contributed by atoms with van der Waals surface area (Å²) >= 11 is 0. The standard InChI is InChI=1S/C14H18N4O4/c15-13(16-18(21)22)12-3-1-2-8-17(12)9-10-4-6-11(7-5-10)14(19)20/h4-7,12H,1-3,8-9H2,(H2,15,16)(H,19,20). The number of hydrazine groups is 1. The third-order valence-electron chi connectivity index (χ3n) is 3.75. The van der Waals surface area contributed by atoms with E-state index in [-0.39, 0.29) is 17.4 Å². The summed E-state index contributed by atoms with van der Waals surface area (Å²) in [6, 6.07) is 6.24. The molecule has 8 heteroatoms. The Morgan fingerprint density at radius 1 is 1.41 bits per heavy atom. The van der Waals surface area contributed by atoms with Crippen LogP contribution in [-0.2, 0) is 6.54 Å². The number of carboxylic acids is 1. The molecule has 0 saturated carbocycles. The molecule has 1 aliphatic rings. The van der Waals surface area contributed by atoms with Crippen LogP contribution in [0, 0.1) is 15.5 Å². The highest BCUT2D eigenvalue weighted by Gasteiger charge is 2.28. The first-order chi connectivity index (χ1) is 10.5. The lowest BCUT2D eigenvalue weighted by Crippen LogP contribution is -2.50. The summed E-state index contributed by atoms with van der Waals surface area (Å²) in [6.45, 7) is 1.29. The number of piperidine rings is 1. The van der Waals surface area contributed by atoms with E-state index in [9.17, 15) is 14.9 Å². The van der Waals surface area contributed by atoms with Crippen molar-refractivity contribution < 1.29 is 14.9 Å². The first-order valence-electron chi connectivity index (χ1n) is 7.03. The Labute approximate surface area is 127 Å². The lowest BCUT2D eigenvalue weighted by Gasteiger charge is -2.34. The Balaban J connectivity index is 2.06. The summed E-state index contributed by atoms with van der Waals surface area (Å²) in [4.78, 5) is 23.3. The molecular formula is C14H18N4O4. The predicted octanol–water partition coefficient (Wildman–Crippen LogP) is 1.50. The van der Waals surface area contributed by atoms with Crippen molar-refractivity contribution in [3.05, 3.63) is 45.5 Å². The van der Waals surface area contributed by atoms with Gasteiger partial charge in [-0.3, -0.25) is 10.3 Å². The van der Waals surface area contributed by atoms with Gasteiger partial charge in [-0.1, -0.05) is 24.0 Å². The van der Waals surface area contributed by atoms with Crippen LogP contribution in [0.1, 0.15) is 35.2 Å². The van der Waals surface area contributed by atoms with E-state index in [0.717, 1.165) is 24.9 Å². The fourth-order valence-electron chi connectivity index (χ4n) is 2.67. The topological polar surface area (TPSA) is 120 Å². The molecule has 0 radical (unpaired) electrons. The third kappa shape index (κ3) is 4.01. The SMILES string of the molecule is N=C(N[N+](=O)[O-])C1CCCCN1Cc1ccc(C(=O)O)cc1. The molecule has 1 heterocycles. The van der Waals surface area contributed by atoms with Gasteiger partial charge in [0.15, 0.2) is 10.9 Å². The molecule has 1 aromatic rings. The number of hydrogen-bond acceptors (Lipinski definition) is 5. The van der Waals surface area contributed by atoms with E-state index in [0.29, 0.717) is 13.0 Å². The molecule has 8 nitrogen and oxygen atoms in total. The summed E-state index contributed by atoms with van der Waals surface area (Å²) in [6.07, 6.45) is 2.61. The van der Waals surface area contributed by atoms with E-state index in [2.05, 4.69) is 0 Å². The number of hydrogen-bond donors (Lipinski definition) is 3. The van der Waals surface area contributed by atoms with Crippen LogP contribution in [0.4, 0.5) is 0 Å². The molecule has 0 bridgehead atoms. The molecule has 1 aromatic carbocycles. The zero-order chi connectivity index (χ0) is 16.1. The molecule has 0 spiro atoms. The molecule has 118 valence electrons. The van der Waals surface area contributed by atoms with Crippen molar-refractivity contribution >= 4 is 11.8 Å². The second-order valence-electron chi connectivity index (χ2n) is 5.27. The zero-order valence-electron chi connectivity index (χ0n) is 12.0. The van der Waals surface area contributed by atoms with Crippen molar-refractivity contribution in [2.75, 3.05) is 6.54 Å². The Morgan fingerprint density at radius 3 is 2.68 bits per heavy atom. The van der Waals surface area contributed by atoms with Crippen LogP contribution in [-0.4, -0.2) is 39.4 Å². The highest BCUT2D eigenvalue weighted by atomic mass is 16.7. The second-order valence-corrected chi connectivity index (χ2v) is 5.27. The van der Waals surface area contributed by atoms with Crippen molar-refractivity contribution in [2.24, 2.45) is 0 Å². The Morgan fingerprint density at radius 2 is 2.09 bits per heavy atom. The van der Waals surface area contributed by atoms with Crippen LogP contribution in [0.15, 0.2) is 24.3 Å². The van der Waals surface area contributed by atoms with Gasteiger partial charge in [-0.05, 0) is 37.1 Å². The molecule has 1 aliphatic heterocycles. The van der Waals surface area contributed by atoms with E-state index in [1.54, 1.807) is 12.1 Å². The van der Waals surface area contributed by atoms with E-state index >= 15 is 0 Å². The molecule has 1 atom stereocenters. The van der Waals surface area contributed by atoms with Gasteiger partial charge in [0.2, 0.25) is 0 Å². The number of amidine groups is 1. The number of nitro groups is 1. The molecule has 0 aromatic heterocycles. The number of rotatable bonds is 5. The van der Waals surface area contributed by atoms with Crippen LogP contribution in [0.2, 0.25) is 0 Å². The normalized spacial score (nSPS) is 18.6. The summed E-state index contributed by atoms with van der Waals surface area (Å²) in [7, 11) is 0. The van der Waals surface area contributed by atoms with Gasteiger partial charge in [0.05, 0.1) is 11.6 Å². The summed E-state index contributed by atoms with van der Waals surface area (Å²) in [5.41, 5.74) is 3.08. The van der Waals surface area contributed by atoms with Gasteiger partial charge in [-0.15, -0.1) is 0 Å². The highest BCUT2D eigenvalue weighted by Crippen LogP contribution is 2.20. The number of nitrogens with zero attached hydrogens (tertiary/aromatic N) is 2. The fourth-order valence-corrected chi connectivity index (χ4v) is 2.67. The number of benzene rings is 1. The highest BCUT2D eigenvalue weighted by molar-refractivity contribution is 5.87. The van der Waals surface area contributed by atoms with Crippen molar-refractivity contribution in [1.82, 2.24) is 10.3 Å². The number of nitrogens with one attached hydrogen (secondary N) is 2. The summed E-state index contributed by atoms with van der Waals surface area (Å²) in [5, 5.41) is 26.5. The van der Waals surface area contributed by atoms with E-state index < -0.39 is 11.0 Å². The van der Waals surface area contributed by atoms with Crippen LogP contribution in [0.3, 0.4) is 0 Å². The number of carbonyl (C=O) groups is 1. The molecule has 1 unspecified atom stereocenters. The van der Waals surface area contributed by atoms with Gasteiger partial charge in [0, 0.05) is 6.54 Å². The lowest BCUT2D eigenvalue weighted by atomic mass is 10.00. The first-order valence-corrected chi connectivity index (χ1v) is 7.03. The summed E-state index contributed by atoms with van der Waals surface area (Å²) < 4.78 is 0. The minimum Gasteiger partial charge on any atom is -0.478 e. The molecule has 3 N–H and O–H groups in total. The van der Waals surface area contributed by atoms with Crippen LogP contribution in [0.5, 0.6) is 0 Å². The zero-order valence-corrected chi connectivity index (χ0v) is 12.0. The minimum atomic E-state index is -0.973. The molecule has 1 saturated heterocycles.